The average Bonchev–Trinajstić information content (AvgIpc) is 3.19. The molecule has 4 aromatic rings. The van der Waals surface area contributed by atoms with Gasteiger partial charge in [0.05, 0.1) is 0 Å². The zero-order chi connectivity index (χ0) is 16.7. The fourth-order valence-corrected chi connectivity index (χ4v) is 3.72. The number of H-pyrrole nitrogens is 2. The highest BCUT2D eigenvalue weighted by Crippen LogP contribution is 2.32. The summed E-state index contributed by atoms with van der Waals surface area (Å²) in [6.45, 7) is 6.84. The molecule has 24 heavy (non-hydrogen) atoms. The average molecular weight is 316 g/mol. The quantitative estimate of drug-likeness (QED) is 0.454. The summed E-state index contributed by atoms with van der Waals surface area (Å²) in [5.74, 6) is 0.987. The van der Waals surface area contributed by atoms with Crippen LogP contribution in [0.5, 0.6) is 0 Å². The molecular formula is C22H24N2. The fraction of sp³-hybridized carbons (Fsp3) is 0.273. The zero-order valence-electron chi connectivity index (χ0n) is 14.6. The van der Waals surface area contributed by atoms with Gasteiger partial charge < -0.3 is 9.97 Å². The molecule has 0 bridgehead atoms. The molecule has 2 aromatic heterocycles. The van der Waals surface area contributed by atoms with Crippen molar-refractivity contribution in [3.05, 3.63) is 71.5 Å². The molecule has 1 unspecified atom stereocenters. The van der Waals surface area contributed by atoms with Crippen molar-refractivity contribution < 1.29 is 0 Å². The van der Waals surface area contributed by atoms with Gasteiger partial charge in [0.1, 0.15) is 0 Å². The Morgan fingerprint density at radius 3 is 2.50 bits per heavy atom. The van der Waals surface area contributed by atoms with Crippen molar-refractivity contribution in [1.82, 2.24) is 9.97 Å². The Bertz CT molecular complexity index is 954. The molecule has 4 rings (SSSR count). The van der Waals surface area contributed by atoms with E-state index in [0.29, 0.717) is 11.8 Å². The summed E-state index contributed by atoms with van der Waals surface area (Å²) in [7, 11) is 0. The lowest BCUT2D eigenvalue weighted by Gasteiger charge is -2.13. The van der Waals surface area contributed by atoms with Gasteiger partial charge in [-0.25, -0.2) is 0 Å². The minimum atomic E-state index is 0.456. The zero-order valence-corrected chi connectivity index (χ0v) is 14.6. The van der Waals surface area contributed by atoms with E-state index in [1.165, 1.54) is 38.6 Å². The van der Waals surface area contributed by atoms with Crippen LogP contribution in [0.15, 0.2) is 54.7 Å². The lowest BCUT2D eigenvalue weighted by Crippen LogP contribution is -2.00. The molecule has 0 spiro atoms. The largest absolute Gasteiger partial charge is 0.361 e. The van der Waals surface area contributed by atoms with Gasteiger partial charge >= 0.3 is 0 Å². The van der Waals surface area contributed by atoms with Crippen molar-refractivity contribution in [2.75, 3.05) is 0 Å². The summed E-state index contributed by atoms with van der Waals surface area (Å²) in [5.41, 5.74) is 6.64. The summed E-state index contributed by atoms with van der Waals surface area (Å²) < 4.78 is 0. The van der Waals surface area contributed by atoms with E-state index in [1.807, 2.05) is 0 Å². The van der Waals surface area contributed by atoms with Gasteiger partial charge in [-0.2, -0.15) is 0 Å². The van der Waals surface area contributed by atoms with Crippen LogP contribution in [0.1, 0.15) is 49.4 Å². The van der Waals surface area contributed by atoms with Crippen LogP contribution >= 0.6 is 0 Å². The van der Waals surface area contributed by atoms with Crippen LogP contribution in [0.3, 0.4) is 0 Å². The molecular weight excluding hydrogens is 292 g/mol. The van der Waals surface area contributed by atoms with Crippen molar-refractivity contribution >= 4 is 21.8 Å². The number of fused-ring (bicyclic) bond motifs is 2. The lowest BCUT2D eigenvalue weighted by atomic mass is 9.92. The normalized spacial score (nSPS) is 13.2. The number of rotatable bonds is 4. The van der Waals surface area contributed by atoms with Crippen molar-refractivity contribution in [2.24, 2.45) is 0 Å². The van der Waals surface area contributed by atoms with Gasteiger partial charge in [0.2, 0.25) is 0 Å². The van der Waals surface area contributed by atoms with Crippen LogP contribution in [-0.2, 0) is 6.42 Å². The number of para-hydroxylation sites is 1. The Balaban J connectivity index is 1.72. The number of hydrogen-bond acceptors (Lipinski definition) is 0. The smallest absolute Gasteiger partial charge is 0.0459 e. The molecule has 0 aliphatic carbocycles. The van der Waals surface area contributed by atoms with E-state index in [2.05, 4.69) is 85.5 Å². The molecule has 0 fully saturated rings. The highest BCUT2D eigenvalue weighted by molar-refractivity contribution is 5.87. The van der Waals surface area contributed by atoms with Crippen molar-refractivity contribution in [2.45, 2.75) is 39.0 Å². The van der Waals surface area contributed by atoms with E-state index in [0.717, 1.165) is 6.42 Å². The van der Waals surface area contributed by atoms with E-state index >= 15 is 0 Å². The minimum Gasteiger partial charge on any atom is -0.361 e. The molecule has 0 saturated heterocycles. The Morgan fingerprint density at radius 1 is 0.917 bits per heavy atom. The van der Waals surface area contributed by atoms with E-state index in [-0.39, 0.29) is 0 Å². The molecule has 2 heteroatoms. The molecule has 2 aromatic carbocycles. The maximum Gasteiger partial charge on any atom is 0.0459 e. The fourth-order valence-electron chi connectivity index (χ4n) is 3.72. The second-order valence-corrected chi connectivity index (χ2v) is 7.16. The predicted molar refractivity (Wildman–Crippen MR) is 103 cm³/mol. The number of nitrogens with one attached hydrogen (secondary N) is 2. The predicted octanol–water partition coefficient (Wildman–Crippen LogP) is 6.12. The maximum absolute atomic E-state index is 3.59. The van der Waals surface area contributed by atoms with Crippen molar-refractivity contribution in [3.8, 4) is 0 Å². The van der Waals surface area contributed by atoms with E-state index in [9.17, 15) is 0 Å². The highest BCUT2D eigenvalue weighted by Gasteiger charge is 2.15. The van der Waals surface area contributed by atoms with Crippen LogP contribution in [-0.4, -0.2) is 9.97 Å². The monoisotopic (exact) mass is 316 g/mol. The Labute approximate surface area is 142 Å². The number of aromatic nitrogens is 2. The SMILES string of the molecule is CC(C)c1c[nH]c2cccc(CC(C)c3cc4ccccc4[nH]3)c12. The molecule has 2 heterocycles. The van der Waals surface area contributed by atoms with Gasteiger partial charge in [0, 0.05) is 34.2 Å². The second-order valence-electron chi connectivity index (χ2n) is 7.16. The highest BCUT2D eigenvalue weighted by atomic mass is 14.7. The van der Waals surface area contributed by atoms with Gasteiger partial charge in [-0.15, -0.1) is 0 Å². The van der Waals surface area contributed by atoms with Crippen LogP contribution in [0, 0.1) is 0 Å². The third kappa shape index (κ3) is 2.52. The number of aromatic amines is 2. The maximum atomic E-state index is 3.59. The Hall–Kier alpha value is -2.48. The summed E-state index contributed by atoms with van der Waals surface area (Å²) >= 11 is 0. The Kier molecular flexibility index (Phi) is 3.68. The van der Waals surface area contributed by atoms with Gasteiger partial charge in [-0.1, -0.05) is 51.1 Å². The molecule has 2 N–H and O–H groups in total. The Morgan fingerprint density at radius 2 is 1.71 bits per heavy atom. The molecule has 0 radical (unpaired) electrons. The van der Waals surface area contributed by atoms with Crippen LogP contribution in [0.25, 0.3) is 21.8 Å². The van der Waals surface area contributed by atoms with E-state index in [4.69, 9.17) is 0 Å². The first-order valence-electron chi connectivity index (χ1n) is 8.80. The summed E-state index contributed by atoms with van der Waals surface area (Å²) in [6, 6.07) is 17.4. The molecule has 0 saturated carbocycles. The van der Waals surface area contributed by atoms with Crippen molar-refractivity contribution in [3.63, 3.8) is 0 Å². The first kappa shape index (κ1) is 15.1. The van der Waals surface area contributed by atoms with Gasteiger partial charge in [-0.05, 0) is 47.1 Å². The molecule has 0 amide bonds. The van der Waals surface area contributed by atoms with Gasteiger partial charge in [0.25, 0.3) is 0 Å². The van der Waals surface area contributed by atoms with E-state index < -0.39 is 0 Å². The van der Waals surface area contributed by atoms with E-state index in [1.54, 1.807) is 0 Å². The third-order valence-corrected chi connectivity index (χ3v) is 5.05. The molecule has 1 atom stereocenters. The standard InChI is InChI=1S/C22H24N2/c1-14(2)18-13-23-20-10-6-8-17(22(18)20)11-15(3)21-12-16-7-4-5-9-19(16)24-21/h4-10,12-15,23-24H,11H2,1-3H3. The summed E-state index contributed by atoms with van der Waals surface area (Å²) in [6.07, 6.45) is 3.22. The summed E-state index contributed by atoms with van der Waals surface area (Å²) in [4.78, 5) is 7.02. The first-order chi connectivity index (χ1) is 11.6. The number of benzene rings is 2. The lowest BCUT2D eigenvalue weighted by molar-refractivity contribution is 0.742. The molecule has 2 nitrogen and oxygen atoms in total. The summed E-state index contributed by atoms with van der Waals surface area (Å²) in [5, 5.41) is 2.71. The molecule has 0 aliphatic rings. The first-order valence-corrected chi connectivity index (χ1v) is 8.80. The topological polar surface area (TPSA) is 31.6 Å². The van der Waals surface area contributed by atoms with Gasteiger partial charge in [-0.3, -0.25) is 0 Å². The van der Waals surface area contributed by atoms with Crippen LogP contribution < -0.4 is 0 Å². The third-order valence-electron chi connectivity index (χ3n) is 5.05. The molecule has 122 valence electrons. The minimum absolute atomic E-state index is 0.456. The number of hydrogen-bond donors (Lipinski definition) is 2. The second kappa shape index (κ2) is 5.86. The van der Waals surface area contributed by atoms with Crippen molar-refractivity contribution in [1.29, 1.82) is 0 Å². The van der Waals surface area contributed by atoms with Crippen LogP contribution in [0.4, 0.5) is 0 Å². The van der Waals surface area contributed by atoms with Crippen LogP contribution in [0.2, 0.25) is 0 Å². The van der Waals surface area contributed by atoms with Gasteiger partial charge in [0.15, 0.2) is 0 Å². The molecule has 0 aliphatic heterocycles.